The first-order chi connectivity index (χ1) is 11.1. The van der Waals surface area contributed by atoms with Crippen molar-refractivity contribution >= 4 is 35.6 Å². The number of esters is 4. The molecule has 0 amide bonds. The maximum Gasteiger partial charge on any atom is 0.303 e. The predicted molar refractivity (Wildman–Crippen MR) is 80.7 cm³/mol. The van der Waals surface area contributed by atoms with Crippen molar-refractivity contribution in [1.82, 2.24) is 0 Å². The van der Waals surface area contributed by atoms with E-state index >= 15 is 0 Å². The fourth-order valence-electron chi connectivity index (χ4n) is 2.21. The number of thioether (sulfide) groups is 1. The van der Waals surface area contributed by atoms with Gasteiger partial charge < -0.3 is 24.1 Å². The normalized spacial score (nSPS) is 29.3. The molecule has 1 aliphatic heterocycles. The minimum Gasteiger partial charge on any atom is -0.465 e. The number of hydrogen-bond donors (Lipinski definition) is 1. The molecule has 24 heavy (non-hydrogen) atoms. The molecule has 0 aromatic rings. The molecule has 1 N–H and O–H groups in total. The Balaban J connectivity index is 3.11. The summed E-state index contributed by atoms with van der Waals surface area (Å²) in [4.78, 5) is 45.0. The quantitative estimate of drug-likeness (QED) is 0.517. The van der Waals surface area contributed by atoms with Gasteiger partial charge in [-0.3, -0.25) is 19.2 Å². The Bertz CT molecular complexity index is 506. The van der Waals surface area contributed by atoms with Gasteiger partial charge in [-0.2, -0.15) is 0 Å². The molecule has 136 valence electrons. The molecule has 10 heteroatoms. The van der Waals surface area contributed by atoms with Crippen LogP contribution in [0.15, 0.2) is 0 Å². The second-order valence-electron chi connectivity index (χ2n) is 5.09. The topological polar surface area (TPSA) is 125 Å². The van der Waals surface area contributed by atoms with Crippen LogP contribution in [0.4, 0.5) is 0 Å². The standard InChI is InChI=1S/C14H20O9S/c1-6(15)20-5-10-11(21-7(2)16)12(22-8(3)17)13(14(19)24-10)23-9(4)18/h10-14,19H,5H2,1-4H3/t10-,11-,12+,13+,14?/m1/s1. The van der Waals surface area contributed by atoms with E-state index in [1.54, 1.807) is 0 Å². The molecule has 1 saturated heterocycles. The minimum absolute atomic E-state index is 0.181. The smallest absolute Gasteiger partial charge is 0.303 e. The molecular formula is C14H20O9S. The first-order valence-electron chi connectivity index (χ1n) is 7.10. The number of hydrogen-bond acceptors (Lipinski definition) is 10. The van der Waals surface area contributed by atoms with Crippen molar-refractivity contribution < 1.29 is 43.2 Å². The molecular weight excluding hydrogens is 344 g/mol. The highest BCUT2D eigenvalue weighted by Gasteiger charge is 2.51. The molecule has 0 aliphatic carbocycles. The first-order valence-corrected chi connectivity index (χ1v) is 8.04. The summed E-state index contributed by atoms with van der Waals surface area (Å²) in [6.45, 7) is 4.44. The summed E-state index contributed by atoms with van der Waals surface area (Å²) in [5, 5.41) is 9.50. The van der Waals surface area contributed by atoms with Gasteiger partial charge in [0.2, 0.25) is 0 Å². The summed E-state index contributed by atoms with van der Waals surface area (Å²) in [6, 6.07) is 0. The molecule has 0 aromatic carbocycles. The lowest BCUT2D eigenvalue weighted by Gasteiger charge is -2.42. The molecule has 0 aromatic heterocycles. The lowest BCUT2D eigenvalue weighted by Crippen LogP contribution is -2.58. The van der Waals surface area contributed by atoms with Crippen LogP contribution in [0.5, 0.6) is 0 Å². The number of aliphatic hydroxyl groups is 1. The van der Waals surface area contributed by atoms with Gasteiger partial charge in [-0.15, -0.1) is 11.8 Å². The number of carbonyl (C=O) groups excluding carboxylic acids is 4. The first kappa shape index (κ1) is 20.2. The van der Waals surface area contributed by atoms with Gasteiger partial charge in [0.15, 0.2) is 18.3 Å². The lowest BCUT2D eigenvalue weighted by molar-refractivity contribution is -0.191. The van der Waals surface area contributed by atoms with Crippen molar-refractivity contribution in [3.63, 3.8) is 0 Å². The Kier molecular flexibility index (Phi) is 7.49. The van der Waals surface area contributed by atoms with Crippen molar-refractivity contribution in [3.8, 4) is 0 Å². The van der Waals surface area contributed by atoms with E-state index < -0.39 is 52.9 Å². The molecule has 5 atom stereocenters. The van der Waals surface area contributed by atoms with Gasteiger partial charge in [-0.1, -0.05) is 0 Å². The molecule has 0 saturated carbocycles. The number of rotatable bonds is 5. The van der Waals surface area contributed by atoms with E-state index in [-0.39, 0.29) is 6.61 Å². The van der Waals surface area contributed by atoms with Gasteiger partial charge in [0.05, 0.1) is 5.25 Å². The van der Waals surface area contributed by atoms with E-state index in [2.05, 4.69) is 0 Å². The second-order valence-corrected chi connectivity index (χ2v) is 6.45. The van der Waals surface area contributed by atoms with Crippen LogP contribution >= 0.6 is 11.8 Å². The van der Waals surface area contributed by atoms with Crippen molar-refractivity contribution in [1.29, 1.82) is 0 Å². The predicted octanol–water partition coefficient (Wildman–Crippen LogP) is -0.222. The third kappa shape index (κ3) is 6.00. The summed E-state index contributed by atoms with van der Waals surface area (Å²) in [5.41, 5.74) is -1.26. The maximum absolute atomic E-state index is 11.4. The zero-order valence-electron chi connectivity index (χ0n) is 13.7. The summed E-state index contributed by atoms with van der Waals surface area (Å²) >= 11 is 0.892. The second kappa shape index (κ2) is 8.88. The van der Waals surface area contributed by atoms with Gasteiger partial charge >= 0.3 is 23.9 Å². The maximum atomic E-state index is 11.4. The number of ether oxygens (including phenoxy) is 4. The van der Waals surface area contributed by atoms with Gasteiger partial charge in [0.25, 0.3) is 0 Å². The van der Waals surface area contributed by atoms with Crippen LogP contribution in [0.1, 0.15) is 27.7 Å². The monoisotopic (exact) mass is 364 g/mol. The lowest BCUT2D eigenvalue weighted by atomic mass is 10.0. The molecule has 0 bridgehead atoms. The highest BCUT2D eigenvalue weighted by molar-refractivity contribution is 8.00. The Morgan fingerprint density at radius 1 is 0.792 bits per heavy atom. The molecule has 1 rings (SSSR count). The minimum atomic E-state index is -1.26. The van der Waals surface area contributed by atoms with E-state index in [4.69, 9.17) is 18.9 Å². The van der Waals surface area contributed by atoms with Crippen molar-refractivity contribution in [2.45, 2.75) is 56.7 Å². The van der Waals surface area contributed by atoms with Crippen LogP contribution in [-0.4, -0.2) is 64.6 Å². The SMILES string of the molecule is CC(=O)OC[C@H]1SC(O)[C@@H](OC(C)=O)[C@@H](OC(C)=O)[C@@H]1OC(C)=O. The van der Waals surface area contributed by atoms with Crippen LogP contribution in [0.25, 0.3) is 0 Å². The van der Waals surface area contributed by atoms with Crippen LogP contribution in [-0.2, 0) is 38.1 Å². The number of carbonyl (C=O) groups is 4. The highest BCUT2D eigenvalue weighted by Crippen LogP contribution is 2.36. The summed E-state index contributed by atoms with van der Waals surface area (Å²) in [6.07, 6.45) is -3.52. The Morgan fingerprint density at radius 3 is 1.71 bits per heavy atom. The van der Waals surface area contributed by atoms with E-state index in [1.807, 2.05) is 0 Å². The molecule has 1 fully saturated rings. The van der Waals surface area contributed by atoms with Crippen LogP contribution in [0.3, 0.4) is 0 Å². The van der Waals surface area contributed by atoms with Crippen LogP contribution in [0.2, 0.25) is 0 Å². The van der Waals surface area contributed by atoms with Gasteiger partial charge in [-0.05, 0) is 0 Å². The van der Waals surface area contributed by atoms with Gasteiger partial charge in [-0.25, -0.2) is 0 Å². The molecule has 9 nitrogen and oxygen atoms in total. The van der Waals surface area contributed by atoms with Crippen molar-refractivity contribution in [2.24, 2.45) is 0 Å². The summed E-state index contributed by atoms with van der Waals surface area (Å²) < 4.78 is 20.2. The zero-order valence-corrected chi connectivity index (χ0v) is 14.5. The Morgan fingerprint density at radius 2 is 1.25 bits per heavy atom. The third-order valence-corrected chi connectivity index (χ3v) is 4.27. The van der Waals surface area contributed by atoms with Gasteiger partial charge in [0.1, 0.15) is 12.0 Å². The molecule has 0 spiro atoms. The fourth-order valence-corrected chi connectivity index (χ4v) is 3.44. The van der Waals surface area contributed by atoms with Crippen molar-refractivity contribution in [3.05, 3.63) is 0 Å². The highest BCUT2D eigenvalue weighted by atomic mass is 32.2. The number of aliphatic hydroxyl groups excluding tert-OH is 1. The Hall–Kier alpha value is -1.81. The summed E-state index contributed by atoms with van der Waals surface area (Å²) in [5.74, 6) is -2.63. The fraction of sp³-hybridized carbons (Fsp3) is 0.714. The van der Waals surface area contributed by atoms with E-state index in [0.717, 1.165) is 32.5 Å². The van der Waals surface area contributed by atoms with Gasteiger partial charge in [0, 0.05) is 27.7 Å². The van der Waals surface area contributed by atoms with E-state index in [1.165, 1.54) is 6.92 Å². The van der Waals surface area contributed by atoms with Crippen molar-refractivity contribution in [2.75, 3.05) is 6.61 Å². The average Bonchev–Trinajstić information content (AvgIpc) is 2.42. The summed E-state index contributed by atoms with van der Waals surface area (Å²) in [7, 11) is 0. The van der Waals surface area contributed by atoms with E-state index in [0.29, 0.717) is 0 Å². The zero-order chi connectivity index (χ0) is 18.4. The molecule has 1 unspecified atom stereocenters. The van der Waals surface area contributed by atoms with Crippen LogP contribution < -0.4 is 0 Å². The largest absolute Gasteiger partial charge is 0.465 e. The van der Waals surface area contributed by atoms with E-state index in [9.17, 15) is 24.3 Å². The molecule has 0 radical (unpaired) electrons. The van der Waals surface area contributed by atoms with Crippen LogP contribution in [0, 0.1) is 0 Å². The molecule has 1 heterocycles. The average molecular weight is 364 g/mol. The third-order valence-electron chi connectivity index (χ3n) is 2.97. The molecule has 1 aliphatic rings. The Labute approximate surface area is 142 Å².